The van der Waals surface area contributed by atoms with Crippen molar-refractivity contribution in [3.63, 3.8) is 0 Å². The molecule has 25 heavy (non-hydrogen) atoms. The minimum atomic E-state index is -3.78. The molecule has 0 aliphatic carbocycles. The molecule has 2 N–H and O–H groups in total. The van der Waals surface area contributed by atoms with Gasteiger partial charge in [-0.3, -0.25) is 10.6 Å². The second kappa shape index (κ2) is 6.96. The van der Waals surface area contributed by atoms with E-state index in [-0.39, 0.29) is 0 Å². The molecule has 8 nitrogen and oxygen atoms in total. The number of hydrogen-bond donors (Lipinski definition) is 2. The summed E-state index contributed by atoms with van der Waals surface area (Å²) < 4.78 is 24.9. The second-order valence-electron chi connectivity index (χ2n) is 5.98. The van der Waals surface area contributed by atoms with Crippen LogP contribution in [0.4, 0.5) is 14.7 Å². The third kappa shape index (κ3) is 4.45. The predicted octanol–water partition coefficient (Wildman–Crippen LogP) is 2.82. The van der Waals surface area contributed by atoms with Crippen molar-refractivity contribution in [1.82, 2.24) is 14.6 Å². The molecular formula is C15H20N4O4S2. The predicted molar refractivity (Wildman–Crippen MR) is 98.5 cm³/mol. The van der Waals surface area contributed by atoms with Gasteiger partial charge in [0.2, 0.25) is 10.0 Å². The molecule has 0 aliphatic heterocycles. The van der Waals surface area contributed by atoms with Gasteiger partial charge >= 0.3 is 12.1 Å². The summed E-state index contributed by atoms with van der Waals surface area (Å²) in [6, 6.07) is 1.48. The molecule has 4 amide bonds. The lowest BCUT2D eigenvalue weighted by atomic mass is 10.1. The summed E-state index contributed by atoms with van der Waals surface area (Å²) in [6.45, 7) is 6.97. The number of urea groups is 2. The Kier molecular flexibility index (Phi) is 5.33. The van der Waals surface area contributed by atoms with Crippen LogP contribution in [0.3, 0.4) is 0 Å². The Morgan fingerprint density at radius 1 is 1.24 bits per heavy atom. The summed E-state index contributed by atoms with van der Waals surface area (Å²) in [5.74, 6) is 0. The standard InChI is InChI=1S/C15H20N4O4S2/c1-8(2)19(25(5,22)23)15(21)18-13(20)17-14-16-12-10(4)6-9(3)7-11(12)24-14/h6-8H,1-5H3,(H2,16,17,18,20,21). The van der Waals surface area contributed by atoms with Gasteiger partial charge in [-0.2, -0.15) is 0 Å². The number of anilines is 1. The van der Waals surface area contributed by atoms with E-state index in [2.05, 4.69) is 10.3 Å². The number of benzene rings is 1. The maximum atomic E-state index is 12.1. The van der Waals surface area contributed by atoms with Crippen molar-refractivity contribution in [2.45, 2.75) is 33.7 Å². The Bertz CT molecular complexity index is 934. The highest BCUT2D eigenvalue weighted by atomic mass is 32.2. The number of nitrogens with zero attached hydrogens (tertiary/aromatic N) is 2. The van der Waals surface area contributed by atoms with E-state index in [1.807, 2.05) is 31.3 Å². The Hall–Kier alpha value is -2.20. The summed E-state index contributed by atoms with van der Waals surface area (Å²) in [6.07, 6.45) is 0.906. The Morgan fingerprint density at radius 3 is 2.44 bits per heavy atom. The average Bonchev–Trinajstić information content (AvgIpc) is 2.78. The van der Waals surface area contributed by atoms with Crippen LogP contribution in [0.2, 0.25) is 0 Å². The van der Waals surface area contributed by atoms with E-state index in [1.165, 1.54) is 25.2 Å². The van der Waals surface area contributed by atoms with Crippen molar-refractivity contribution < 1.29 is 18.0 Å². The van der Waals surface area contributed by atoms with Gasteiger partial charge in [0, 0.05) is 6.04 Å². The summed E-state index contributed by atoms with van der Waals surface area (Å²) in [5.41, 5.74) is 2.84. The molecule has 0 fully saturated rings. The molecule has 1 aromatic heterocycles. The van der Waals surface area contributed by atoms with Crippen LogP contribution in [0.15, 0.2) is 12.1 Å². The van der Waals surface area contributed by atoms with Gasteiger partial charge in [0.15, 0.2) is 5.13 Å². The minimum absolute atomic E-state index is 0.324. The number of thiazole rings is 1. The van der Waals surface area contributed by atoms with Gasteiger partial charge in [-0.1, -0.05) is 17.4 Å². The highest BCUT2D eigenvalue weighted by Crippen LogP contribution is 2.29. The summed E-state index contributed by atoms with van der Waals surface area (Å²) in [5, 5.41) is 4.80. The number of aromatic nitrogens is 1. The van der Waals surface area contributed by atoms with E-state index in [9.17, 15) is 18.0 Å². The van der Waals surface area contributed by atoms with Crippen molar-refractivity contribution in [2.24, 2.45) is 0 Å². The molecule has 136 valence electrons. The Balaban J connectivity index is 2.15. The lowest BCUT2D eigenvalue weighted by molar-refractivity contribution is 0.213. The van der Waals surface area contributed by atoms with Gasteiger partial charge in [0.25, 0.3) is 0 Å². The third-order valence-electron chi connectivity index (χ3n) is 3.30. The normalized spacial score (nSPS) is 11.6. The summed E-state index contributed by atoms with van der Waals surface area (Å²) in [4.78, 5) is 28.4. The number of carbonyl (C=O) groups excluding carboxylic acids is 2. The van der Waals surface area contributed by atoms with Crippen LogP contribution in [0.1, 0.15) is 25.0 Å². The van der Waals surface area contributed by atoms with Crippen molar-refractivity contribution in [3.8, 4) is 0 Å². The second-order valence-corrected chi connectivity index (χ2v) is 8.87. The summed E-state index contributed by atoms with van der Waals surface area (Å²) in [7, 11) is -3.78. The molecule has 0 spiro atoms. The molecule has 0 bridgehead atoms. The molecule has 0 atom stereocenters. The first-order valence-corrected chi connectivity index (χ1v) is 10.1. The van der Waals surface area contributed by atoms with E-state index < -0.39 is 28.1 Å². The van der Waals surface area contributed by atoms with Gasteiger partial charge in [0.05, 0.1) is 16.5 Å². The van der Waals surface area contributed by atoms with Crippen LogP contribution in [0.5, 0.6) is 0 Å². The molecule has 0 unspecified atom stereocenters. The molecule has 0 saturated carbocycles. The van der Waals surface area contributed by atoms with E-state index in [1.54, 1.807) is 0 Å². The van der Waals surface area contributed by atoms with Gasteiger partial charge in [-0.05, 0) is 44.9 Å². The number of nitrogens with one attached hydrogen (secondary N) is 2. The van der Waals surface area contributed by atoms with Gasteiger partial charge < -0.3 is 0 Å². The Labute approximate surface area is 150 Å². The lowest BCUT2D eigenvalue weighted by Crippen LogP contribution is -2.49. The molecule has 2 aromatic rings. The van der Waals surface area contributed by atoms with Crippen LogP contribution in [-0.4, -0.2) is 42.1 Å². The topological polar surface area (TPSA) is 108 Å². The molecular weight excluding hydrogens is 364 g/mol. The van der Waals surface area contributed by atoms with Crippen LogP contribution in [-0.2, 0) is 10.0 Å². The molecule has 0 radical (unpaired) electrons. The van der Waals surface area contributed by atoms with Crippen molar-refractivity contribution >= 4 is 48.8 Å². The highest BCUT2D eigenvalue weighted by Gasteiger charge is 2.27. The van der Waals surface area contributed by atoms with Crippen LogP contribution in [0.25, 0.3) is 10.2 Å². The van der Waals surface area contributed by atoms with Crippen LogP contribution in [0, 0.1) is 13.8 Å². The molecule has 1 heterocycles. The monoisotopic (exact) mass is 384 g/mol. The number of fused-ring (bicyclic) bond motifs is 1. The van der Waals surface area contributed by atoms with Crippen molar-refractivity contribution in [1.29, 1.82) is 0 Å². The fourth-order valence-corrected chi connectivity index (χ4v) is 4.62. The fourth-order valence-electron chi connectivity index (χ4n) is 2.47. The maximum absolute atomic E-state index is 12.1. The van der Waals surface area contributed by atoms with Gasteiger partial charge in [0.1, 0.15) is 0 Å². The number of rotatable bonds is 3. The number of hydrogen-bond acceptors (Lipinski definition) is 6. The average molecular weight is 384 g/mol. The van der Waals surface area contributed by atoms with E-state index in [0.717, 1.165) is 27.6 Å². The van der Waals surface area contributed by atoms with Crippen molar-refractivity contribution in [3.05, 3.63) is 23.3 Å². The zero-order valence-corrected chi connectivity index (χ0v) is 16.2. The number of aryl methyl sites for hydroxylation is 2. The first kappa shape index (κ1) is 19.1. The maximum Gasteiger partial charge on any atom is 0.339 e. The molecule has 0 aliphatic rings. The number of carbonyl (C=O) groups is 2. The first-order valence-electron chi connectivity index (χ1n) is 7.48. The SMILES string of the molecule is Cc1cc(C)c2nc(NC(=O)NC(=O)N(C(C)C)S(C)(=O)=O)sc2c1. The number of sulfonamides is 1. The third-order valence-corrected chi connectivity index (χ3v) is 5.52. The molecule has 0 saturated heterocycles. The molecule has 1 aromatic carbocycles. The van der Waals surface area contributed by atoms with E-state index in [4.69, 9.17) is 0 Å². The lowest BCUT2D eigenvalue weighted by Gasteiger charge is -2.23. The van der Waals surface area contributed by atoms with E-state index >= 15 is 0 Å². The number of imide groups is 1. The highest BCUT2D eigenvalue weighted by molar-refractivity contribution is 7.88. The minimum Gasteiger partial charge on any atom is -0.283 e. The van der Waals surface area contributed by atoms with Crippen molar-refractivity contribution in [2.75, 3.05) is 11.6 Å². The number of amides is 4. The molecule has 2 rings (SSSR count). The Morgan fingerprint density at radius 2 is 1.88 bits per heavy atom. The smallest absolute Gasteiger partial charge is 0.283 e. The largest absolute Gasteiger partial charge is 0.339 e. The molecule has 10 heteroatoms. The van der Waals surface area contributed by atoms with Crippen LogP contribution >= 0.6 is 11.3 Å². The zero-order chi connectivity index (χ0) is 18.9. The fraction of sp³-hybridized carbons (Fsp3) is 0.400. The van der Waals surface area contributed by atoms with Crippen LogP contribution < -0.4 is 10.6 Å². The quantitative estimate of drug-likeness (QED) is 0.846. The van der Waals surface area contributed by atoms with Gasteiger partial charge in [-0.25, -0.2) is 27.3 Å². The summed E-state index contributed by atoms with van der Waals surface area (Å²) >= 11 is 1.28. The first-order chi connectivity index (χ1) is 11.5. The van der Waals surface area contributed by atoms with E-state index in [0.29, 0.717) is 9.44 Å². The van der Waals surface area contributed by atoms with Gasteiger partial charge in [-0.15, -0.1) is 0 Å². The zero-order valence-electron chi connectivity index (χ0n) is 14.6.